The number of hydrogen-bond acceptors (Lipinski definition) is 3. The van der Waals surface area contributed by atoms with Crippen LogP contribution in [0.15, 0.2) is 24.3 Å². The zero-order chi connectivity index (χ0) is 21.7. The summed E-state index contributed by atoms with van der Waals surface area (Å²) in [6.07, 6.45) is 2.52. The molecule has 0 spiro atoms. The van der Waals surface area contributed by atoms with Crippen LogP contribution in [0.2, 0.25) is 0 Å². The molecule has 0 atom stereocenters. The summed E-state index contributed by atoms with van der Waals surface area (Å²) < 4.78 is 13.1. The summed E-state index contributed by atoms with van der Waals surface area (Å²) in [5.74, 6) is 0.251. The SMILES string of the molecule is CC(C)(C)NC(=O)CN1CCC(CNC(=O)C(C)(C)Cc2ccc(F)cc2)CC1. The maximum atomic E-state index is 13.1. The number of benzene rings is 1. The molecule has 6 heteroatoms. The van der Waals surface area contributed by atoms with E-state index in [1.54, 1.807) is 12.1 Å². The van der Waals surface area contributed by atoms with Gasteiger partial charge in [0.2, 0.25) is 11.8 Å². The number of amides is 2. The van der Waals surface area contributed by atoms with Gasteiger partial charge in [-0.25, -0.2) is 4.39 Å². The molecule has 1 aliphatic heterocycles. The van der Waals surface area contributed by atoms with Crippen LogP contribution in [0.25, 0.3) is 0 Å². The van der Waals surface area contributed by atoms with Crippen molar-refractivity contribution < 1.29 is 14.0 Å². The van der Waals surface area contributed by atoms with Crippen molar-refractivity contribution in [1.82, 2.24) is 15.5 Å². The van der Waals surface area contributed by atoms with Gasteiger partial charge in [0.15, 0.2) is 0 Å². The Kier molecular flexibility index (Phi) is 7.80. The van der Waals surface area contributed by atoms with Gasteiger partial charge in [-0.2, -0.15) is 0 Å². The fraction of sp³-hybridized carbons (Fsp3) is 0.652. The Hall–Kier alpha value is -1.95. The lowest BCUT2D eigenvalue weighted by Crippen LogP contribution is -2.48. The van der Waals surface area contributed by atoms with E-state index in [9.17, 15) is 14.0 Å². The first kappa shape index (κ1) is 23.3. The molecule has 0 bridgehead atoms. The van der Waals surface area contributed by atoms with Gasteiger partial charge in [-0.15, -0.1) is 0 Å². The molecule has 5 nitrogen and oxygen atoms in total. The average Bonchev–Trinajstić information content (AvgIpc) is 2.61. The maximum absolute atomic E-state index is 13.1. The van der Waals surface area contributed by atoms with Gasteiger partial charge in [0.25, 0.3) is 0 Å². The monoisotopic (exact) mass is 405 g/mol. The lowest BCUT2D eigenvalue weighted by molar-refractivity contribution is -0.129. The summed E-state index contributed by atoms with van der Waals surface area (Å²) in [4.78, 5) is 26.9. The van der Waals surface area contributed by atoms with Crippen molar-refractivity contribution in [3.8, 4) is 0 Å². The molecule has 0 aromatic heterocycles. The molecule has 0 unspecified atom stereocenters. The van der Waals surface area contributed by atoms with Crippen LogP contribution >= 0.6 is 0 Å². The van der Waals surface area contributed by atoms with Gasteiger partial charge in [0.1, 0.15) is 5.82 Å². The Morgan fingerprint density at radius 1 is 1.07 bits per heavy atom. The number of piperidine rings is 1. The normalized spacial score (nSPS) is 16.5. The molecule has 1 fully saturated rings. The van der Waals surface area contributed by atoms with Crippen molar-refractivity contribution in [1.29, 1.82) is 0 Å². The first-order chi connectivity index (χ1) is 13.4. The number of hydrogen-bond donors (Lipinski definition) is 2. The molecule has 2 N–H and O–H groups in total. The number of carbonyl (C=O) groups is 2. The van der Waals surface area contributed by atoms with Crippen molar-refractivity contribution in [2.75, 3.05) is 26.2 Å². The van der Waals surface area contributed by atoms with Crippen LogP contribution in [-0.2, 0) is 16.0 Å². The molecular formula is C23H36FN3O2. The van der Waals surface area contributed by atoms with Crippen LogP contribution in [0.3, 0.4) is 0 Å². The van der Waals surface area contributed by atoms with E-state index in [-0.39, 0.29) is 23.2 Å². The highest BCUT2D eigenvalue weighted by Gasteiger charge is 2.29. The zero-order valence-corrected chi connectivity index (χ0v) is 18.5. The summed E-state index contributed by atoms with van der Waals surface area (Å²) in [7, 11) is 0. The van der Waals surface area contributed by atoms with Crippen molar-refractivity contribution in [3.63, 3.8) is 0 Å². The standard InChI is InChI=1S/C23H36FN3O2/c1-22(2,3)26-20(28)16-27-12-10-18(11-13-27)15-25-21(29)23(4,5)14-17-6-8-19(24)9-7-17/h6-9,18H,10-16H2,1-5H3,(H,25,29)(H,26,28). The number of rotatable bonds is 7. The number of carbonyl (C=O) groups excluding carboxylic acids is 2. The minimum absolute atomic E-state index is 0.0220. The van der Waals surface area contributed by atoms with E-state index in [2.05, 4.69) is 15.5 Å². The molecule has 1 aromatic carbocycles. The molecule has 1 heterocycles. The Morgan fingerprint density at radius 2 is 1.66 bits per heavy atom. The van der Waals surface area contributed by atoms with Crippen LogP contribution in [0.5, 0.6) is 0 Å². The predicted molar refractivity (Wildman–Crippen MR) is 114 cm³/mol. The lowest BCUT2D eigenvalue weighted by atomic mass is 9.84. The predicted octanol–water partition coefficient (Wildman–Crippen LogP) is 3.14. The van der Waals surface area contributed by atoms with E-state index >= 15 is 0 Å². The molecule has 1 aliphatic rings. The molecule has 1 saturated heterocycles. The van der Waals surface area contributed by atoms with E-state index in [1.165, 1.54) is 12.1 Å². The van der Waals surface area contributed by atoms with Gasteiger partial charge in [0, 0.05) is 17.5 Å². The zero-order valence-electron chi connectivity index (χ0n) is 18.5. The van der Waals surface area contributed by atoms with Crippen LogP contribution in [0.4, 0.5) is 4.39 Å². The molecule has 0 aliphatic carbocycles. The summed E-state index contributed by atoms with van der Waals surface area (Å²) in [5.41, 5.74) is 0.192. The molecule has 0 radical (unpaired) electrons. The van der Waals surface area contributed by atoms with Crippen LogP contribution in [-0.4, -0.2) is 48.4 Å². The van der Waals surface area contributed by atoms with Crippen LogP contribution < -0.4 is 10.6 Å². The highest BCUT2D eigenvalue weighted by molar-refractivity contribution is 5.82. The Balaban J connectivity index is 1.73. The quantitative estimate of drug-likeness (QED) is 0.733. The van der Waals surface area contributed by atoms with Crippen molar-refractivity contribution in [2.24, 2.45) is 11.3 Å². The van der Waals surface area contributed by atoms with Crippen LogP contribution in [0.1, 0.15) is 53.0 Å². The molecular weight excluding hydrogens is 369 g/mol. The summed E-state index contributed by atoms with van der Waals surface area (Å²) in [6, 6.07) is 6.32. The van der Waals surface area contributed by atoms with Gasteiger partial charge in [0.05, 0.1) is 6.54 Å². The van der Waals surface area contributed by atoms with E-state index in [0.717, 1.165) is 31.5 Å². The van der Waals surface area contributed by atoms with E-state index in [4.69, 9.17) is 0 Å². The second-order valence-electron chi connectivity index (χ2n) is 9.91. The topological polar surface area (TPSA) is 61.4 Å². The van der Waals surface area contributed by atoms with E-state index in [1.807, 2.05) is 34.6 Å². The van der Waals surface area contributed by atoms with E-state index in [0.29, 0.717) is 25.4 Å². The second-order valence-corrected chi connectivity index (χ2v) is 9.91. The maximum Gasteiger partial charge on any atom is 0.234 e. The molecule has 2 amide bonds. The highest BCUT2D eigenvalue weighted by atomic mass is 19.1. The fourth-order valence-corrected chi connectivity index (χ4v) is 3.68. The highest BCUT2D eigenvalue weighted by Crippen LogP contribution is 2.23. The third-order valence-corrected chi connectivity index (χ3v) is 5.31. The number of likely N-dealkylation sites (tertiary alicyclic amines) is 1. The third-order valence-electron chi connectivity index (χ3n) is 5.31. The fourth-order valence-electron chi connectivity index (χ4n) is 3.68. The lowest BCUT2D eigenvalue weighted by Gasteiger charge is -2.33. The second kappa shape index (κ2) is 9.70. The molecule has 162 valence electrons. The average molecular weight is 406 g/mol. The van der Waals surface area contributed by atoms with Gasteiger partial charge >= 0.3 is 0 Å². The molecule has 2 rings (SSSR count). The first-order valence-electron chi connectivity index (χ1n) is 10.5. The third kappa shape index (κ3) is 8.13. The summed E-state index contributed by atoms with van der Waals surface area (Å²) in [5, 5.41) is 6.10. The Labute approximate surface area is 174 Å². The minimum atomic E-state index is -0.552. The van der Waals surface area contributed by atoms with Gasteiger partial charge < -0.3 is 10.6 Å². The Morgan fingerprint density at radius 3 is 2.21 bits per heavy atom. The molecule has 29 heavy (non-hydrogen) atoms. The van der Waals surface area contributed by atoms with Gasteiger partial charge in [-0.05, 0) is 76.7 Å². The van der Waals surface area contributed by atoms with Crippen molar-refractivity contribution in [3.05, 3.63) is 35.6 Å². The largest absolute Gasteiger partial charge is 0.355 e. The number of nitrogens with one attached hydrogen (secondary N) is 2. The first-order valence-corrected chi connectivity index (χ1v) is 10.5. The van der Waals surface area contributed by atoms with Crippen LogP contribution in [0, 0.1) is 17.2 Å². The van der Waals surface area contributed by atoms with Gasteiger partial charge in [-0.3, -0.25) is 14.5 Å². The summed E-state index contributed by atoms with van der Waals surface area (Å²) >= 11 is 0. The minimum Gasteiger partial charge on any atom is -0.355 e. The van der Waals surface area contributed by atoms with Crippen molar-refractivity contribution >= 4 is 11.8 Å². The van der Waals surface area contributed by atoms with E-state index < -0.39 is 5.41 Å². The summed E-state index contributed by atoms with van der Waals surface area (Å²) in [6.45, 7) is 12.6. The Bertz CT molecular complexity index is 687. The number of halogens is 1. The molecule has 1 aromatic rings. The molecule has 0 saturated carbocycles. The van der Waals surface area contributed by atoms with Gasteiger partial charge in [-0.1, -0.05) is 26.0 Å². The number of nitrogens with zero attached hydrogens (tertiary/aromatic N) is 1. The van der Waals surface area contributed by atoms with Crippen molar-refractivity contribution in [2.45, 2.75) is 59.4 Å². The smallest absolute Gasteiger partial charge is 0.234 e.